The van der Waals surface area contributed by atoms with Crippen LogP contribution >= 0.6 is 0 Å². The van der Waals surface area contributed by atoms with Crippen molar-refractivity contribution in [1.29, 1.82) is 0 Å². The zero-order valence-electron chi connectivity index (χ0n) is 15.1. The number of aryl methyl sites for hydroxylation is 1. The first kappa shape index (κ1) is 20.8. The van der Waals surface area contributed by atoms with Crippen LogP contribution in [0, 0.1) is 6.92 Å². The fourth-order valence-electron chi connectivity index (χ4n) is 3.56. The smallest absolute Gasteiger partial charge is 0.331 e. The molecule has 11 heteroatoms. The molecule has 0 spiro atoms. The molecule has 1 aromatic heterocycles. The van der Waals surface area contributed by atoms with E-state index in [0.29, 0.717) is 4.57 Å². The van der Waals surface area contributed by atoms with Gasteiger partial charge in [0.2, 0.25) is 11.3 Å². The van der Waals surface area contributed by atoms with Gasteiger partial charge in [0.25, 0.3) is 5.56 Å². The number of aromatic amines is 1. The van der Waals surface area contributed by atoms with Crippen LogP contribution in [0.5, 0.6) is 0 Å². The number of hydrogen-bond donors (Lipinski definition) is 4. The number of carbonyl (C=O) groups excluding carboxylic acids is 3. The predicted octanol–water partition coefficient (Wildman–Crippen LogP) is -2.88. The van der Waals surface area contributed by atoms with E-state index in [-0.39, 0.29) is 5.56 Å². The molecule has 148 valence electrons. The molecule has 0 saturated carbocycles. The third-order valence-electron chi connectivity index (χ3n) is 4.97. The molecule has 4 atom stereocenters. The van der Waals surface area contributed by atoms with E-state index in [1.54, 1.807) is 0 Å². The van der Waals surface area contributed by atoms with E-state index in [0.717, 1.165) is 27.0 Å². The highest BCUT2D eigenvalue weighted by Gasteiger charge is 2.80. The highest BCUT2D eigenvalue weighted by Crippen LogP contribution is 2.51. The summed E-state index contributed by atoms with van der Waals surface area (Å²) in [5, 5.41) is 31.8. The highest BCUT2D eigenvalue weighted by atomic mass is 16.6. The van der Waals surface area contributed by atoms with Gasteiger partial charge in [-0.15, -0.1) is 0 Å². The van der Waals surface area contributed by atoms with Crippen molar-refractivity contribution in [1.82, 2.24) is 9.55 Å². The van der Waals surface area contributed by atoms with E-state index in [1.165, 1.54) is 6.92 Å². The Bertz CT molecular complexity index is 948. The van der Waals surface area contributed by atoms with Crippen molar-refractivity contribution in [2.24, 2.45) is 0 Å². The van der Waals surface area contributed by atoms with Gasteiger partial charge in [-0.05, 0) is 27.7 Å². The standard InChI is InChI=1S/C16H20N2O9/c1-7-5-18(13(24)17-12(7)23)16(10(4)22)15(26,9(3)21)14(25,8(2)20)11(6-19)27-16/h5,11,19,25-26H,6H2,1-4H3,(H,17,23,24)/t11-,14-,15-,16-/m1/s1. The van der Waals surface area contributed by atoms with Crippen molar-refractivity contribution in [3.8, 4) is 0 Å². The van der Waals surface area contributed by atoms with Crippen molar-refractivity contribution in [2.45, 2.75) is 50.7 Å². The molecular weight excluding hydrogens is 364 g/mol. The van der Waals surface area contributed by atoms with Gasteiger partial charge in [-0.2, -0.15) is 0 Å². The number of nitrogens with one attached hydrogen (secondary N) is 1. The summed E-state index contributed by atoms with van der Waals surface area (Å²) in [5.74, 6) is -3.55. The number of rotatable bonds is 5. The highest BCUT2D eigenvalue weighted by molar-refractivity contribution is 6.04. The third-order valence-corrected chi connectivity index (χ3v) is 4.97. The molecule has 11 nitrogen and oxygen atoms in total. The van der Waals surface area contributed by atoms with Gasteiger partial charge in [-0.3, -0.25) is 28.7 Å². The Labute approximate surface area is 152 Å². The number of ketones is 3. The van der Waals surface area contributed by atoms with Gasteiger partial charge in [-0.25, -0.2) is 4.79 Å². The fourth-order valence-corrected chi connectivity index (χ4v) is 3.56. The lowest BCUT2D eigenvalue weighted by Gasteiger charge is -2.42. The van der Waals surface area contributed by atoms with Crippen LogP contribution in [0.1, 0.15) is 26.3 Å². The van der Waals surface area contributed by atoms with Crippen molar-refractivity contribution < 1.29 is 34.4 Å². The summed E-state index contributed by atoms with van der Waals surface area (Å²) in [6.07, 6.45) is -1.05. The predicted molar refractivity (Wildman–Crippen MR) is 87.9 cm³/mol. The molecule has 1 aliphatic rings. The number of aromatic nitrogens is 2. The molecule has 2 rings (SSSR count). The molecule has 1 aliphatic heterocycles. The number of carbonyl (C=O) groups is 3. The second kappa shape index (κ2) is 6.30. The average Bonchev–Trinajstić information content (AvgIpc) is 2.79. The SMILES string of the molecule is CC(=O)[C@@]1(O)[C@@](O)(C(C)=O)[C@@H](CO)O[C@@]1(C(C)=O)n1cc(C)c(=O)[nH]c1=O. The van der Waals surface area contributed by atoms with Crippen LogP contribution < -0.4 is 11.2 Å². The van der Waals surface area contributed by atoms with Crippen LogP contribution in [-0.2, 0) is 24.8 Å². The summed E-state index contributed by atoms with van der Waals surface area (Å²) >= 11 is 0. The minimum absolute atomic E-state index is 0.0801. The zero-order chi connectivity index (χ0) is 20.9. The first-order valence-corrected chi connectivity index (χ1v) is 7.91. The van der Waals surface area contributed by atoms with E-state index >= 15 is 0 Å². The summed E-state index contributed by atoms with van der Waals surface area (Å²) in [6, 6.07) is 0. The Kier molecular flexibility index (Phi) is 4.86. The fraction of sp³-hybridized carbons (Fsp3) is 0.562. The first-order chi connectivity index (χ1) is 12.3. The number of H-pyrrole nitrogens is 1. The van der Waals surface area contributed by atoms with E-state index in [2.05, 4.69) is 0 Å². The van der Waals surface area contributed by atoms with Gasteiger partial charge in [0.1, 0.15) is 6.10 Å². The van der Waals surface area contributed by atoms with Crippen LogP contribution in [0.2, 0.25) is 0 Å². The number of ether oxygens (including phenoxy) is 1. The van der Waals surface area contributed by atoms with Crippen molar-refractivity contribution >= 4 is 17.3 Å². The van der Waals surface area contributed by atoms with Crippen LogP contribution in [0.15, 0.2) is 15.8 Å². The molecule has 4 N–H and O–H groups in total. The Morgan fingerprint density at radius 3 is 2.11 bits per heavy atom. The molecule has 0 bridgehead atoms. The third kappa shape index (κ3) is 2.32. The van der Waals surface area contributed by atoms with Gasteiger partial charge in [0.15, 0.2) is 23.0 Å². The average molecular weight is 384 g/mol. The Morgan fingerprint density at radius 2 is 1.70 bits per heavy atom. The Hall–Kier alpha value is -2.47. The molecule has 1 aromatic rings. The van der Waals surface area contributed by atoms with Gasteiger partial charge >= 0.3 is 5.69 Å². The summed E-state index contributed by atoms with van der Waals surface area (Å²) in [6.45, 7) is 2.71. The molecule has 27 heavy (non-hydrogen) atoms. The lowest BCUT2D eigenvalue weighted by molar-refractivity contribution is -0.208. The molecule has 2 heterocycles. The number of Topliss-reactive ketones (excluding diaryl/α,β-unsaturated/α-hetero) is 3. The van der Waals surface area contributed by atoms with Crippen LogP contribution in [-0.4, -0.2) is 66.1 Å². The molecule has 0 aromatic carbocycles. The minimum atomic E-state index is -3.26. The Morgan fingerprint density at radius 1 is 1.15 bits per heavy atom. The number of aliphatic hydroxyl groups excluding tert-OH is 1. The molecule has 0 aliphatic carbocycles. The Balaban J connectivity index is 3.08. The maximum absolute atomic E-state index is 12.6. The lowest BCUT2D eigenvalue weighted by Crippen LogP contribution is -2.73. The van der Waals surface area contributed by atoms with Crippen LogP contribution in [0.25, 0.3) is 0 Å². The summed E-state index contributed by atoms with van der Waals surface area (Å²) in [5.41, 5.74) is -11.3. The van der Waals surface area contributed by atoms with Crippen LogP contribution in [0.3, 0.4) is 0 Å². The second-order valence-electron chi connectivity index (χ2n) is 6.52. The van der Waals surface area contributed by atoms with E-state index in [9.17, 15) is 39.3 Å². The van der Waals surface area contributed by atoms with E-state index in [1.807, 2.05) is 4.98 Å². The molecular formula is C16H20N2O9. The molecule has 0 amide bonds. The summed E-state index contributed by atoms with van der Waals surface area (Å²) < 4.78 is 5.82. The topological polar surface area (TPSA) is 176 Å². The second-order valence-corrected chi connectivity index (χ2v) is 6.52. The minimum Gasteiger partial charge on any atom is -0.394 e. The van der Waals surface area contributed by atoms with Crippen molar-refractivity contribution in [3.05, 3.63) is 32.6 Å². The summed E-state index contributed by atoms with van der Waals surface area (Å²) in [4.78, 5) is 63.2. The van der Waals surface area contributed by atoms with Gasteiger partial charge < -0.3 is 20.1 Å². The normalized spacial score (nSPS) is 33.1. The summed E-state index contributed by atoms with van der Waals surface area (Å²) in [7, 11) is 0. The number of nitrogens with zero attached hydrogens (tertiary/aromatic N) is 1. The largest absolute Gasteiger partial charge is 0.394 e. The zero-order valence-corrected chi connectivity index (χ0v) is 15.1. The van der Waals surface area contributed by atoms with Gasteiger partial charge in [0.05, 0.1) is 6.61 Å². The number of hydrogen-bond acceptors (Lipinski definition) is 9. The first-order valence-electron chi connectivity index (χ1n) is 7.91. The maximum atomic E-state index is 12.6. The molecule has 1 saturated heterocycles. The molecule has 0 radical (unpaired) electrons. The van der Waals surface area contributed by atoms with Gasteiger partial charge in [0, 0.05) is 11.8 Å². The maximum Gasteiger partial charge on any atom is 0.331 e. The van der Waals surface area contributed by atoms with E-state index < -0.39 is 58.2 Å². The number of aliphatic hydroxyl groups is 3. The molecule has 0 unspecified atom stereocenters. The lowest BCUT2D eigenvalue weighted by atomic mass is 9.69. The van der Waals surface area contributed by atoms with Crippen molar-refractivity contribution in [2.75, 3.05) is 6.61 Å². The van der Waals surface area contributed by atoms with Gasteiger partial charge in [-0.1, -0.05) is 0 Å². The van der Waals surface area contributed by atoms with E-state index in [4.69, 9.17) is 4.74 Å². The van der Waals surface area contributed by atoms with Crippen molar-refractivity contribution in [3.63, 3.8) is 0 Å². The monoisotopic (exact) mass is 384 g/mol. The molecule has 1 fully saturated rings. The van der Waals surface area contributed by atoms with Crippen LogP contribution in [0.4, 0.5) is 0 Å². The quantitative estimate of drug-likeness (QED) is 0.415.